The van der Waals surface area contributed by atoms with Crippen molar-refractivity contribution >= 4 is 11.4 Å². The number of likely N-dealkylation sites (tertiary alicyclic amines) is 1. The van der Waals surface area contributed by atoms with Crippen LogP contribution in [0.4, 0.5) is 11.4 Å². The van der Waals surface area contributed by atoms with Crippen LogP contribution in [0, 0.1) is 5.92 Å². The number of anilines is 2. The first-order valence-electron chi connectivity index (χ1n) is 10.4. The first-order valence-corrected chi connectivity index (χ1v) is 10.4. The van der Waals surface area contributed by atoms with Gasteiger partial charge in [0.15, 0.2) is 0 Å². The van der Waals surface area contributed by atoms with Crippen LogP contribution >= 0.6 is 0 Å². The van der Waals surface area contributed by atoms with E-state index in [1.54, 1.807) is 24.3 Å². The summed E-state index contributed by atoms with van der Waals surface area (Å²) in [5, 5.41) is 3.17. The van der Waals surface area contributed by atoms with Gasteiger partial charge in [0.05, 0.1) is 17.9 Å². The zero-order chi connectivity index (χ0) is 20.9. The lowest BCUT2D eigenvalue weighted by Gasteiger charge is -2.32. The monoisotopic (exact) mass is 405 g/mol. The van der Waals surface area contributed by atoms with Crippen molar-refractivity contribution in [2.24, 2.45) is 5.92 Å². The minimum atomic E-state index is -0.442. The minimum absolute atomic E-state index is 0.414. The van der Waals surface area contributed by atoms with Gasteiger partial charge in [-0.3, -0.25) is 9.59 Å². The minimum Gasteiger partial charge on any atom is -0.493 e. The van der Waals surface area contributed by atoms with Crippen LogP contribution in [0.15, 0.2) is 64.2 Å². The van der Waals surface area contributed by atoms with E-state index in [0.717, 1.165) is 44.8 Å². The van der Waals surface area contributed by atoms with E-state index in [-0.39, 0.29) is 0 Å². The molecule has 0 aliphatic carbocycles. The van der Waals surface area contributed by atoms with Crippen LogP contribution in [0.5, 0.6) is 5.75 Å². The topological polar surface area (TPSA) is 84.7 Å². The van der Waals surface area contributed by atoms with Crippen LogP contribution in [0.25, 0.3) is 11.1 Å². The van der Waals surface area contributed by atoms with E-state index in [4.69, 9.17) is 10.5 Å². The molecule has 0 spiro atoms. The Labute approximate surface area is 176 Å². The summed E-state index contributed by atoms with van der Waals surface area (Å²) in [7, 11) is 0. The Hall–Kier alpha value is -3.12. The number of para-hydroxylation sites is 1. The maximum Gasteiger partial charge on any atom is 0.250 e. The molecule has 156 valence electrons. The highest BCUT2D eigenvalue weighted by atomic mass is 16.5. The van der Waals surface area contributed by atoms with Gasteiger partial charge in [-0.25, -0.2) is 0 Å². The molecule has 1 fully saturated rings. The van der Waals surface area contributed by atoms with E-state index in [1.807, 2.05) is 30.3 Å². The molecule has 0 saturated carbocycles. The van der Waals surface area contributed by atoms with Crippen molar-refractivity contribution < 1.29 is 4.74 Å². The number of piperidine rings is 1. The highest BCUT2D eigenvalue weighted by Gasteiger charge is 2.23. The molecule has 1 aliphatic heterocycles. The van der Waals surface area contributed by atoms with Crippen molar-refractivity contribution in [1.82, 2.24) is 4.90 Å². The number of nitrogen functional groups attached to an aromatic ring is 1. The predicted octanol–water partition coefficient (Wildman–Crippen LogP) is 2.73. The average Bonchev–Trinajstić information content (AvgIpc) is 2.78. The highest BCUT2D eigenvalue weighted by molar-refractivity contribution is 5.83. The summed E-state index contributed by atoms with van der Waals surface area (Å²) < 4.78 is 5.88. The number of hydrogen-bond donors (Lipinski definition) is 2. The molecular weight excluding hydrogens is 378 g/mol. The third-order valence-electron chi connectivity index (χ3n) is 5.75. The standard InChI is InChI=1S/C24H27N3O3/c25-19-6-4-5-18(15-19)21-22(24(29)23(21)28)26-11-14-27-12-9-17(10-13-27)16-30-20-7-2-1-3-8-20/h1-8,15,17,26H,9-14,16,25H2. The number of ether oxygens (including phenoxy) is 1. The van der Waals surface area contributed by atoms with E-state index in [2.05, 4.69) is 10.2 Å². The zero-order valence-electron chi connectivity index (χ0n) is 17.0. The highest BCUT2D eigenvalue weighted by Crippen LogP contribution is 2.25. The molecule has 0 radical (unpaired) electrons. The Morgan fingerprint density at radius 2 is 1.77 bits per heavy atom. The summed E-state index contributed by atoms with van der Waals surface area (Å²) >= 11 is 0. The van der Waals surface area contributed by atoms with Crippen molar-refractivity contribution in [1.29, 1.82) is 0 Å². The smallest absolute Gasteiger partial charge is 0.250 e. The predicted molar refractivity (Wildman–Crippen MR) is 121 cm³/mol. The quantitative estimate of drug-likeness (QED) is 0.443. The molecule has 0 unspecified atom stereocenters. The second-order valence-corrected chi connectivity index (χ2v) is 7.87. The second-order valence-electron chi connectivity index (χ2n) is 7.87. The van der Waals surface area contributed by atoms with Gasteiger partial charge in [-0.15, -0.1) is 0 Å². The molecule has 3 aromatic carbocycles. The number of nitrogens with one attached hydrogen (secondary N) is 1. The fourth-order valence-corrected chi connectivity index (χ4v) is 3.98. The lowest BCUT2D eigenvalue weighted by molar-refractivity contribution is 0.144. The van der Waals surface area contributed by atoms with Gasteiger partial charge in [0.1, 0.15) is 5.75 Å². The zero-order valence-corrected chi connectivity index (χ0v) is 17.0. The summed E-state index contributed by atoms with van der Waals surface area (Å²) in [5.41, 5.74) is 7.06. The maximum absolute atomic E-state index is 12.0. The number of nitrogens with two attached hydrogens (primary N) is 1. The van der Waals surface area contributed by atoms with Gasteiger partial charge in [0.2, 0.25) is 10.9 Å². The van der Waals surface area contributed by atoms with Crippen molar-refractivity contribution in [3.8, 4) is 16.9 Å². The average molecular weight is 405 g/mol. The molecule has 0 bridgehead atoms. The Kier molecular flexibility index (Phi) is 6.14. The van der Waals surface area contributed by atoms with E-state index >= 15 is 0 Å². The van der Waals surface area contributed by atoms with Crippen LogP contribution in [-0.2, 0) is 0 Å². The molecule has 6 heteroatoms. The summed E-state index contributed by atoms with van der Waals surface area (Å²) in [4.78, 5) is 26.4. The lowest BCUT2D eigenvalue weighted by atomic mass is 9.97. The summed E-state index contributed by atoms with van der Waals surface area (Å²) in [6.07, 6.45) is 2.20. The fraction of sp³-hybridized carbons (Fsp3) is 0.333. The summed E-state index contributed by atoms with van der Waals surface area (Å²) in [5.74, 6) is 1.49. The molecule has 1 saturated heterocycles. The van der Waals surface area contributed by atoms with Crippen molar-refractivity contribution in [3.63, 3.8) is 0 Å². The Balaban J connectivity index is 1.23. The van der Waals surface area contributed by atoms with Gasteiger partial charge in [-0.2, -0.15) is 0 Å². The van der Waals surface area contributed by atoms with Gasteiger partial charge in [-0.05, 0) is 61.7 Å². The van der Waals surface area contributed by atoms with E-state index < -0.39 is 10.9 Å². The first-order chi connectivity index (χ1) is 14.6. The molecule has 3 aromatic rings. The molecule has 1 heterocycles. The lowest BCUT2D eigenvalue weighted by Crippen LogP contribution is -2.40. The van der Waals surface area contributed by atoms with Crippen molar-refractivity contribution in [2.45, 2.75) is 12.8 Å². The van der Waals surface area contributed by atoms with Gasteiger partial charge < -0.3 is 20.7 Å². The Morgan fingerprint density at radius 1 is 1.00 bits per heavy atom. The van der Waals surface area contributed by atoms with Crippen LogP contribution in [0.3, 0.4) is 0 Å². The largest absolute Gasteiger partial charge is 0.493 e. The van der Waals surface area contributed by atoms with Crippen LogP contribution < -0.4 is 26.6 Å². The summed E-state index contributed by atoms with van der Waals surface area (Å²) in [6.45, 7) is 4.24. The SMILES string of the molecule is Nc1cccc(-c2c(NCCN3CCC(COc4ccccc4)CC3)c(=O)c2=O)c1. The normalized spacial score (nSPS) is 15.3. The van der Waals surface area contributed by atoms with Crippen molar-refractivity contribution in [2.75, 3.05) is 43.8 Å². The molecule has 6 nitrogen and oxygen atoms in total. The molecular formula is C24H27N3O3. The van der Waals surface area contributed by atoms with Crippen LogP contribution in [0.1, 0.15) is 12.8 Å². The Bertz CT molecular complexity index is 1050. The van der Waals surface area contributed by atoms with Gasteiger partial charge in [-0.1, -0.05) is 30.3 Å². The molecule has 0 aromatic heterocycles. The van der Waals surface area contributed by atoms with E-state index in [1.165, 1.54) is 0 Å². The first kappa shape index (κ1) is 20.2. The molecule has 1 aliphatic rings. The molecule has 4 rings (SSSR count). The third-order valence-corrected chi connectivity index (χ3v) is 5.75. The van der Waals surface area contributed by atoms with Gasteiger partial charge in [0.25, 0.3) is 0 Å². The second kappa shape index (κ2) is 9.13. The maximum atomic E-state index is 12.0. The van der Waals surface area contributed by atoms with E-state index in [9.17, 15) is 9.59 Å². The van der Waals surface area contributed by atoms with Crippen LogP contribution in [-0.4, -0.2) is 37.7 Å². The molecule has 0 atom stereocenters. The third kappa shape index (κ3) is 4.54. The fourth-order valence-electron chi connectivity index (χ4n) is 3.98. The molecule has 0 amide bonds. The molecule has 3 N–H and O–H groups in total. The van der Waals surface area contributed by atoms with Gasteiger partial charge >= 0.3 is 0 Å². The molecule has 30 heavy (non-hydrogen) atoms. The van der Waals surface area contributed by atoms with E-state index in [0.29, 0.717) is 35.0 Å². The number of hydrogen-bond acceptors (Lipinski definition) is 6. The summed E-state index contributed by atoms with van der Waals surface area (Å²) in [6, 6.07) is 17.0. The number of rotatable bonds is 8. The number of benzene rings is 2. The van der Waals surface area contributed by atoms with Crippen LogP contribution in [0.2, 0.25) is 0 Å². The van der Waals surface area contributed by atoms with Gasteiger partial charge in [0, 0.05) is 18.8 Å². The Morgan fingerprint density at radius 3 is 2.50 bits per heavy atom. The van der Waals surface area contributed by atoms with Crippen molar-refractivity contribution in [3.05, 3.63) is 75.0 Å². The number of nitrogens with zero attached hydrogens (tertiary/aromatic N) is 1.